The van der Waals surface area contributed by atoms with E-state index in [9.17, 15) is 4.79 Å². The van der Waals surface area contributed by atoms with Crippen molar-refractivity contribution in [3.05, 3.63) is 0 Å². The van der Waals surface area contributed by atoms with Crippen molar-refractivity contribution in [2.24, 2.45) is 5.41 Å². The molecule has 0 saturated carbocycles. The Morgan fingerprint density at radius 2 is 1.95 bits per heavy atom. The lowest BCUT2D eigenvalue weighted by atomic mass is 9.76. The third-order valence-electron chi connectivity index (χ3n) is 4.93. The van der Waals surface area contributed by atoms with Gasteiger partial charge in [-0.2, -0.15) is 0 Å². The lowest BCUT2D eigenvalue weighted by Crippen LogP contribution is -2.43. The summed E-state index contributed by atoms with van der Waals surface area (Å²) in [6.45, 7) is 7.15. The minimum absolute atomic E-state index is 0.211. The maximum absolute atomic E-state index is 11.5. The minimum Gasteiger partial charge on any atom is -0.383 e. The summed E-state index contributed by atoms with van der Waals surface area (Å²) in [6, 6.07) is 0.499. The van der Waals surface area contributed by atoms with Gasteiger partial charge in [0.15, 0.2) is 0 Å². The molecule has 0 aromatic heterocycles. The monoisotopic (exact) mass is 284 g/mol. The summed E-state index contributed by atoms with van der Waals surface area (Å²) in [6.07, 6.45) is 3.43. The summed E-state index contributed by atoms with van der Waals surface area (Å²) in [5.74, 6) is 0.211. The van der Waals surface area contributed by atoms with Gasteiger partial charge in [0.2, 0.25) is 5.91 Å². The maximum atomic E-state index is 11.5. The molecule has 2 rings (SSSR count). The van der Waals surface area contributed by atoms with Gasteiger partial charge in [-0.1, -0.05) is 0 Å². The third kappa shape index (κ3) is 3.51. The van der Waals surface area contributed by atoms with Crippen molar-refractivity contribution in [1.82, 2.24) is 9.80 Å². The van der Waals surface area contributed by atoms with E-state index in [0.717, 1.165) is 52.2 Å². The first-order valence-corrected chi connectivity index (χ1v) is 7.58. The molecule has 2 aliphatic heterocycles. The van der Waals surface area contributed by atoms with E-state index in [-0.39, 0.29) is 5.91 Å². The van der Waals surface area contributed by atoms with Gasteiger partial charge in [-0.25, -0.2) is 0 Å². The Kier molecular flexibility index (Phi) is 5.41. The second-order valence-electron chi connectivity index (χ2n) is 6.28. The molecule has 116 valence electrons. The van der Waals surface area contributed by atoms with Gasteiger partial charge < -0.3 is 14.4 Å². The zero-order valence-corrected chi connectivity index (χ0v) is 13.1. The van der Waals surface area contributed by atoms with Crippen LogP contribution in [0.4, 0.5) is 0 Å². The van der Waals surface area contributed by atoms with E-state index in [2.05, 4.69) is 4.90 Å². The van der Waals surface area contributed by atoms with Crippen molar-refractivity contribution >= 4 is 5.91 Å². The molecule has 2 heterocycles. The average Bonchev–Trinajstić information content (AvgIpc) is 2.75. The Hall–Kier alpha value is -0.650. The highest BCUT2D eigenvalue weighted by molar-refractivity contribution is 5.73. The molecule has 0 radical (unpaired) electrons. The average molecular weight is 284 g/mol. The van der Waals surface area contributed by atoms with E-state index in [1.54, 1.807) is 21.1 Å². The summed E-state index contributed by atoms with van der Waals surface area (Å²) in [4.78, 5) is 15.9. The number of amides is 1. The number of piperidine rings is 1. The van der Waals surface area contributed by atoms with Crippen molar-refractivity contribution in [1.29, 1.82) is 0 Å². The van der Waals surface area contributed by atoms with Gasteiger partial charge in [-0.15, -0.1) is 0 Å². The molecule has 1 spiro atoms. The van der Waals surface area contributed by atoms with Crippen molar-refractivity contribution in [3.63, 3.8) is 0 Å². The molecule has 2 saturated heterocycles. The smallest absolute Gasteiger partial charge is 0.219 e. The fraction of sp³-hybridized carbons (Fsp3) is 0.933. The Labute approximate surface area is 122 Å². The van der Waals surface area contributed by atoms with Gasteiger partial charge in [-0.05, 0) is 24.7 Å². The first kappa shape index (κ1) is 15.7. The first-order chi connectivity index (χ1) is 9.60. The molecule has 2 fully saturated rings. The van der Waals surface area contributed by atoms with Crippen LogP contribution in [-0.4, -0.2) is 75.4 Å². The van der Waals surface area contributed by atoms with Crippen LogP contribution in [0.15, 0.2) is 0 Å². The fourth-order valence-electron chi connectivity index (χ4n) is 3.74. The lowest BCUT2D eigenvalue weighted by Gasteiger charge is -2.39. The Morgan fingerprint density at radius 3 is 2.50 bits per heavy atom. The summed E-state index contributed by atoms with van der Waals surface area (Å²) >= 11 is 0. The molecule has 0 N–H and O–H groups in total. The van der Waals surface area contributed by atoms with E-state index >= 15 is 0 Å². The predicted molar refractivity (Wildman–Crippen MR) is 77.7 cm³/mol. The van der Waals surface area contributed by atoms with Crippen LogP contribution >= 0.6 is 0 Å². The molecule has 5 heteroatoms. The zero-order chi connectivity index (χ0) is 14.6. The number of carbonyl (C=O) groups is 1. The molecule has 0 aromatic rings. The van der Waals surface area contributed by atoms with Crippen LogP contribution in [-0.2, 0) is 14.3 Å². The van der Waals surface area contributed by atoms with Gasteiger partial charge in [0.1, 0.15) is 0 Å². The van der Waals surface area contributed by atoms with Crippen LogP contribution in [0.1, 0.15) is 26.2 Å². The fourth-order valence-corrected chi connectivity index (χ4v) is 3.74. The number of hydrogen-bond acceptors (Lipinski definition) is 4. The van der Waals surface area contributed by atoms with Crippen molar-refractivity contribution in [3.8, 4) is 0 Å². The van der Waals surface area contributed by atoms with Crippen LogP contribution in [0.3, 0.4) is 0 Å². The quantitative estimate of drug-likeness (QED) is 0.755. The van der Waals surface area contributed by atoms with Crippen molar-refractivity contribution < 1.29 is 14.3 Å². The van der Waals surface area contributed by atoms with Gasteiger partial charge in [0, 0.05) is 53.4 Å². The molecule has 5 nitrogen and oxygen atoms in total. The van der Waals surface area contributed by atoms with Gasteiger partial charge in [0.25, 0.3) is 0 Å². The van der Waals surface area contributed by atoms with Gasteiger partial charge in [-0.3, -0.25) is 9.69 Å². The molecule has 0 bridgehead atoms. The Balaban J connectivity index is 1.94. The number of rotatable bonds is 5. The molecule has 20 heavy (non-hydrogen) atoms. The van der Waals surface area contributed by atoms with Crippen LogP contribution in [0.5, 0.6) is 0 Å². The highest BCUT2D eigenvalue weighted by atomic mass is 16.5. The number of nitrogens with zero attached hydrogens (tertiary/aromatic N) is 2. The summed E-state index contributed by atoms with van der Waals surface area (Å²) < 4.78 is 10.6. The highest BCUT2D eigenvalue weighted by Crippen LogP contribution is 2.43. The SMILES string of the molecule is COCCN1CC2(CCN(C(C)=O)CC2)CC1COC. The Bertz CT molecular complexity index is 327. The van der Waals surface area contributed by atoms with Crippen LogP contribution in [0, 0.1) is 5.41 Å². The Morgan fingerprint density at radius 1 is 1.25 bits per heavy atom. The number of likely N-dealkylation sites (tertiary alicyclic amines) is 2. The number of ether oxygens (including phenoxy) is 2. The molecule has 2 aliphatic rings. The van der Waals surface area contributed by atoms with Crippen LogP contribution < -0.4 is 0 Å². The van der Waals surface area contributed by atoms with E-state index in [1.165, 1.54) is 6.42 Å². The second-order valence-corrected chi connectivity index (χ2v) is 6.28. The van der Waals surface area contributed by atoms with E-state index in [1.807, 2.05) is 4.90 Å². The highest BCUT2D eigenvalue weighted by Gasteiger charge is 2.45. The van der Waals surface area contributed by atoms with Crippen molar-refractivity contribution in [2.75, 3.05) is 53.6 Å². The molecular weight excluding hydrogens is 256 g/mol. The molecule has 0 aliphatic carbocycles. The summed E-state index contributed by atoms with van der Waals surface area (Å²) in [7, 11) is 3.53. The largest absolute Gasteiger partial charge is 0.383 e. The topological polar surface area (TPSA) is 42.0 Å². The maximum Gasteiger partial charge on any atom is 0.219 e. The molecule has 1 unspecified atom stereocenters. The zero-order valence-electron chi connectivity index (χ0n) is 13.1. The second kappa shape index (κ2) is 6.87. The number of hydrogen-bond donors (Lipinski definition) is 0. The summed E-state index contributed by atoms with van der Waals surface area (Å²) in [5, 5.41) is 0. The number of carbonyl (C=O) groups excluding carboxylic acids is 1. The summed E-state index contributed by atoms with van der Waals surface area (Å²) in [5.41, 5.74) is 0.378. The van der Waals surface area contributed by atoms with Crippen LogP contribution in [0.25, 0.3) is 0 Å². The van der Waals surface area contributed by atoms with E-state index in [0.29, 0.717) is 11.5 Å². The lowest BCUT2D eigenvalue weighted by molar-refractivity contribution is -0.131. The normalized spacial score (nSPS) is 26.4. The van der Waals surface area contributed by atoms with Crippen LogP contribution in [0.2, 0.25) is 0 Å². The third-order valence-corrected chi connectivity index (χ3v) is 4.93. The molecule has 0 aromatic carbocycles. The predicted octanol–water partition coefficient (Wildman–Crippen LogP) is 0.982. The minimum atomic E-state index is 0.211. The standard InChI is InChI=1S/C15H28N2O3/c1-13(18)16-6-4-15(5-7-16)10-14(11-20-3)17(12-15)8-9-19-2/h14H,4-12H2,1-3H3. The van der Waals surface area contributed by atoms with Gasteiger partial charge >= 0.3 is 0 Å². The van der Waals surface area contributed by atoms with Gasteiger partial charge in [0.05, 0.1) is 13.2 Å². The first-order valence-electron chi connectivity index (χ1n) is 7.58. The van der Waals surface area contributed by atoms with Crippen molar-refractivity contribution in [2.45, 2.75) is 32.2 Å². The molecule has 1 atom stereocenters. The number of methoxy groups -OCH3 is 2. The molecular formula is C15H28N2O3. The van der Waals surface area contributed by atoms with E-state index < -0.39 is 0 Å². The van der Waals surface area contributed by atoms with E-state index in [4.69, 9.17) is 9.47 Å². The molecule has 1 amide bonds.